The maximum absolute atomic E-state index is 12.8. The Labute approximate surface area is 154 Å². The molecule has 1 N–H and O–H groups in total. The van der Waals surface area contributed by atoms with E-state index in [9.17, 15) is 9.59 Å². The molecule has 1 saturated carbocycles. The van der Waals surface area contributed by atoms with Gasteiger partial charge in [0.2, 0.25) is 11.8 Å². The van der Waals surface area contributed by atoms with E-state index in [1.165, 1.54) is 5.56 Å². The highest BCUT2D eigenvalue weighted by molar-refractivity contribution is 5.83. The SMILES string of the molecule is O=C(N[C@H](CN1CCCC1=O)c1ccccc1)[C@H]1C[C@@H]1c1ccccc1. The fourth-order valence-electron chi connectivity index (χ4n) is 3.87. The predicted molar refractivity (Wildman–Crippen MR) is 100 cm³/mol. The zero-order valence-electron chi connectivity index (χ0n) is 14.8. The van der Waals surface area contributed by atoms with Crippen LogP contribution in [-0.4, -0.2) is 29.8 Å². The molecule has 1 saturated heterocycles. The fraction of sp³-hybridized carbons (Fsp3) is 0.364. The first-order valence-electron chi connectivity index (χ1n) is 9.40. The number of hydrogen-bond acceptors (Lipinski definition) is 2. The molecular formula is C22H24N2O2. The average Bonchev–Trinajstić information content (AvgIpc) is 3.39. The van der Waals surface area contributed by atoms with Crippen LogP contribution in [0.3, 0.4) is 0 Å². The number of nitrogens with zero attached hydrogens (tertiary/aromatic N) is 1. The predicted octanol–water partition coefficient (Wildman–Crippen LogP) is 3.27. The molecule has 2 amide bonds. The highest BCUT2D eigenvalue weighted by Crippen LogP contribution is 2.47. The van der Waals surface area contributed by atoms with Gasteiger partial charge in [-0.1, -0.05) is 60.7 Å². The van der Waals surface area contributed by atoms with Crippen molar-refractivity contribution in [1.82, 2.24) is 10.2 Å². The van der Waals surface area contributed by atoms with E-state index in [-0.39, 0.29) is 23.8 Å². The monoisotopic (exact) mass is 348 g/mol. The summed E-state index contributed by atoms with van der Waals surface area (Å²) in [7, 11) is 0. The van der Waals surface area contributed by atoms with E-state index in [1.807, 2.05) is 53.4 Å². The van der Waals surface area contributed by atoms with Crippen LogP contribution in [-0.2, 0) is 9.59 Å². The lowest BCUT2D eigenvalue weighted by molar-refractivity contribution is -0.129. The van der Waals surface area contributed by atoms with Gasteiger partial charge in [-0.2, -0.15) is 0 Å². The largest absolute Gasteiger partial charge is 0.347 e. The van der Waals surface area contributed by atoms with Gasteiger partial charge in [-0.25, -0.2) is 0 Å². The molecule has 134 valence electrons. The van der Waals surface area contributed by atoms with Gasteiger partial charge in [-0.05, 0) is 29.9 Å². The molecule has 1 aliphatic carbocycles. The Morgan fingerprint density at radius 1 is 1.08 bits per heavy atom. The Bertz CT molecular complexity index is 775. The van der Waals surface area contributed by atoms with Crippen LogP contribution in [0.5, 0.6) is 0 Å². The molecule has 2 fully saturated rings. The molecule has 0 aromatic heterocycles. The summed E-state index contributed by atoms with van der Waals surface area (Å²) in [4.78, 5) is 26.7. The van der Waals surface area contributed by atoms with Gasteiger partial charge in [-0.15, -0.1) is 0 Å². The summed E-state index contributed by atoms with van der Waals surface area (Å²) in [6, 6.07) is 20.0. The van der Waals surface area contributed by atoms with Crippen LogP contribution in [0, 0.1) is 5.92 Å². The van der Waals surface area contributed by atoms with Crippen molar-refractivity contribution in [3.05, 3.63) is 71.8 Å². The standard InChI is InChI=1S/C22H24N2O2/c25-21-12-7-13-24(21)15-20(17-10-5-2-6-11-17)23-22(26)19-14-18(19)16-8-3-1-4-9-16/h1-6,8-11,18-20H,7,12-15H2,(H,23,26)/t18-,19+,20-/m1/s1. The molecule has 26 heavy (non-hydrogen) atoms. The molecule has 1 heterocycles. The third-order valence-electron chi connectivity index (χ3n) is 5.45. The molecule has 2 aromatic carbocycles. The van der Waals surface area contributed by atoms with Crippen molar-refractivity contribution in [3.63, 3.8) is 0 Å². The minimum atomic E-state index is -0.150. The topological polar surface area (TPSA) is 49.4 Å². The molecule has 0 bridgehead atoms. The summed E-state index contributed by atoms with van der Waals surface area (Å²) in [6.07, 6.45) is 2.43. The van der Waals surface area contributed by atoms with Crippen LogP contribution in [0.15, 0.2) is 60.7 Å². The lowest BCUT2D eigenvalue weighted by atomic mass is 10.1. The lowest BCUT2D eigenvalue weighted by Crippen LogP contribution is -2.39. The van der Waals surface area contributed by atoms with E-state index >= 15 is 0 Å². The highest BCUT2D eigenvalue weighted by Gasteiger charge is 2.44. The molecule has 0 spiro atoms. The first kappa shape index (κ1) is 16.8. The third kappa shape index (κ3) is 3.64. The Balaban J connectivity index is 1.45. The Morgan fingerprint density at radius 3 is 2.42 bits per heavy atom. The van der Waals surface area contributed by atoms with Crippen molar-refractivity contribution in [2.24, 2.45) is 5.92 Å². The van der Waals surface area contributed by atoms with Crippen LogP contribution in [0.4, 0.5) is 0 Å². The van der Waals surface area contributed by atoms with Crippen LogP contribution >= 0.6 is 0 Å². The van der Waals surface area contributed by atoms with Crippen molar-refractivity contribution in [3.8, 4) is 0 Å². The molecule has 4 rings (SSSR count). The number of likely N-dealkylation sites (tertiary alicyclic amines) is 1. The average molecular weight is 348 g/mol. The molecule has 4 heteroatoms. The summed E-state index contributed by atoms with van der Waals surface area (Å²) in [5.74, 6) is 0.645. The Hall–Kier alpha value is -2.62. The molecule has 0 radical (unpaired) electrons. The molecule has 0 unspecified atom stereocenters. The normalized spacial score (nSPS) is 22.9. The summed E-state index contributed by atoms with van der Waals surface area (Å²) >= 11 is 0. The van der Waals surface area contributed by atoms with Gasteiger partial charge in [0.15, 0.2) is 0 Å². The number of rotatable bonds is 6. The van der Waals surface area contributed by atoms with Gasteiger partial charge in [-0.3, -0.25) is 9.59 Å². The van der Waals surface area contributed by atoms with Crippen molar-refractivity contribution >= 4 is 11.8 Å². The number of nitrogens with one attached hydrogen (secondary N) is 1. The number of amides is 2. The molecule has 2 aromatic rings. The molecule has 4 nitrogen and oxygen atoms in total. The van der Waals surface area contributed by atoms with Crippen LogP contribution in [0.25, 0.3) is 0 Å². The number of carbonyl (C=O) groups is 2. The summed E-state index contributed by atoms with van der Waals surface area (Å²) in [5.41, 5.74) is 2.29. The fourth-order valence-corrected chi connectivity index (χ4v) is 3.87. The zero-order valence-corrected chi connectivity index (χ0v) is 14.8. The van der Waals surface area contributed by atoms with E-state index in [4.69, 9.17) is 0 Å². The Morgan fingerprint density at radius 2 is 1.77 bits per heavy atom. The molecule has 2 aliphatic rings. The molecule has 3 atom stereocenters. The van der Waals surface area contributed by atoms with Crippen molar-refractivity contribution < 1.29 is 9.59 Å². The minimum Gasteiger partial charge on any atom is -0.347 e. The van der Waals surface area contributed by atoms with Gasteiger partial charge in [0, 0.05) is 25.4 Å². The first-order chi connectivity index (χ1) is 12.7. The van der Waals surface area contributed by atoms with Crippen molar-refractivity contribution in [1.29, 1.82) is 0 Å². The van der Waals surface area contributed by atoms with E-state index in [0.717, 1.165) is 24.9 Å². The van der Waals surface area contributed by atoms with E-state index < -0.39 is 0 Å². The van der Waals surface area contributed by atoms with Crippen LogP contribution < -0.4 is 5.32 Å². The second-order valence-electron chi connectivity index (χ2n) is 7.27. The number of hydrogen-bond donors (Lipinski definition) is 1. The lowest BCUT2D eigenvalue weighted by Gasteiger charge is -2.25. The van der Waals surface area contributed by atoms with Crippen molar-refractivity contribution in [2.45, 2.75) is 31.2 Å². The van der Waals surface area contributed by atoms with Gasteiger partial charge >= 0.3 is 0 Å². The van der Waals surface area contributed by atoms with Crippen LogP contribution in [0.1, 0.15) is 42.3 Å². The maximum Gasteiger partial charge on any atom is 0.224 e. The van der Waals surface area contributed by atoms with E-state index in [0.29, 0.717) is 18.9 Å². The zero-order chi connectivity index (χ0) is 17.9. The molecular weight excluding hydrogens is 324 g/mol. The van der Waals surface area contributed by atoms with Crippen molar-refractivity contribution in [2.75, 3.05) is 13.1 Å². The molecule has 1 aliphatic heterocycles. The summed E-state index contributed by atoms with van der Waals surface area (Å²) < 4.78 is 0. The van der Waals surface area contributed by atoms with E-state index in [1.54, 1.807) is 0 Å². The summed E-state index contributed by atoms with van der Waals surface area (Å²) in [5, 5.41) is 3.21. The second-order valence-corrected chi connectivity index (χ2v) is 7.27. The highest BCUT2D eigenvalue weighted by atomic mass is 16.2. The third-order valence-corrected chi connectivity index (χ3v) is 5.45. The maximum atomic E-state index is 12.8. The second kappa shape index (κ2) is 7.32. The van der Waals surface area contributed by atoms with E-state index in [2.05, 4.69) is 17.4 Å². The van der Waals surface area contributed by atoms with Crippen LogP contribution in [0.2, 0.25) is 0 Å². The summed E-state index contributed by atoms with van der Waals surface area (Å²) in [6.45, 7) is 1.34. The number of carbonyl (C=O) groups excluding carboxylic acids is 2. The number of benzene rings is 2. The van der Waals surface area contributed by atoms with Gasteiger partial charge in [0.05, 0.1) is 6.04 Å². The smallest absolute Gasteiger partial charge is 0.224 e. The van der Waals surface area contributed by atoms with Gasteiger partial charge < -0.3 is 10.2 Å². The Kier molecular flexibility index (Phi) is 4.74. The quantitative estimate of drug-likeness (QED) is 0.871. The van der Waals surface area contributed by atoms with Gasteiger partial charge in [0.1, 0.15) is 0 Å². The first-order valence-corrected chi connectivity index (χ1v) is 9.40. The van der Waals surface area contributed by atoms with Gasteiger partial charge in [0.25, 0.3) is 0 Å². The minimum absolute atomic E-state index is 0.0397.